The van der Waals surface area contributed by atoms with Gasteiger partial charge in [-0.15, -0.1) is 4.37 Å². The Hall–Kier alpha value is -1.98. The third-order valence-corrected chi connectivity index (χ3v) is 8.43. The highest BCUT2D eigenvalue weighted by Gasteiger charge is 2.26. The van der Waals surface area contributed by atoms with E-state index >= 15 is 0 Å². The number of aromatic nitrogens is 2. The predicted octanol–water partition coefficient (Wildman–Crippen LogP) is 7.25. The van der Waals surface area contributed by atoms with Crippen LogP contribution in [0.25, 0.3) is 0 Å². The van der Waals surface area contributed by atoms with Crippen LogP contribution in [0.15, 0.2) is 0 Å². The normalized spacial score (nSPS) is 15.1. The van der Waals surface area contributed by atoms with E-state index in [0.717, 1.165) is 31.0 Å². The molecule has 0 amide bonds. The van der Waals surface area contributed by atoms with Gasteiger partial charge in [0.05, 0.1) is 24.9 Å². The summed E-state index contributed by atoms with van der Waals surface area (Å²) in [6.45, 7) is 13.1. The molecule has 1 fully saturated rings. The van der Waals surface area contributed by atoms with Crippen molar-refractivity contribution in [3.63, 3.8) is 0 Å². The number of rotatable bonds is 25. The number of nitrogens with zero attached hydrogens (tertiary/aromatic N) is 3. The Morgan fingerprint density at radius 2 is 1.42 bits per heavy atom. The minimum Gasteiger partial charge on any atom is -0.470 e. The number of unbranched alkanes of at least 4 members (excludes halogenated alkanes) is 14. The van der Waals surface area contributed by atoms with Crippen molar-refractivity contribution >= 4 is 29.5 Å². The third kappa shape index (κ3) is 18.7. The highest BCUT2D eigenvalue weighted by atomic mass is 32.1. The van der Waals surface area contributed by atoms with Crippen LogP contribution >= 0.6 is 11.7 Å². The summed E-state index contributed by atoms with van der Waals surface area (Å²) in [4.78, 5) is 27.4. The first-order chi connectivity index (χ1) is 21.7. The Bertz CT molecular complexity index is 919. The van der Waals surface area contributed by atoms with Gasteiger partial charge in [-0.25, -0.2) is 4.79 Å². The van der Waals surface area contributed by atoms with E-state index in [1.165, 1.54) is 77.0 Å². The number of hydrogen-bond donors (Lipinski definition) is 1. The van der Waals surface area contributed by atoms with E-state index in [9.17, 15) is 9.59 Å². The zero-order valence-electron chi connectivity index (χ0n) is 28.9. The summed E-state index contributed by atoms with van der Waals surface area (Å²) < 4.78 is 31.3. The number of ether oxygens (including phenoxy) is 4. The van der Waals surface area contributed by atoms with Gasteiger partial charge in [0.2, 0.25) is 5.82 Å². The molecule has 0 aliphatic carbocycles. The Kier molecular flexibility index (Phi) is 20.3. The summed E-state index contributed by atoms with van der Waals surface area (Å²) in [5, 5.41) is 3.36. The molecule has 260 valence electrons. The Morgan fingerprint density at radius 1 is 0.867 bits per heavy atom. The van der Waals surface area contributed by atoms with E-state index in [2.05, 4.69) is 25.9 Å². The molecule has 0 bridgehead atoms. The first-order valence-electron chi connectivity index (χ1n) is 17.6. The molecule has 0 radical (unpaired) electrons. The van der Waals surface area contributed by atoms with Crippen molar-refractivity contribution in [3.8, 4) is 5.88 Å². The van der Waals surface area contributed by atoms with Crippen LogP contribution in [-0.4, -0.2) is 77.9 Å². The SMILES string of the molecule is CCCCCCCCCCCCCCCCCC(=O)O[C@H](C)C(=O)O[C@@H](CNC(C)(C)C)COc1nsnc1N1CCOCC1. The van der Waals surface area contributed by atoms with E-state index in [0.29, 0.717) is 51.0 Å². The van der Waals surface area contributed by atoms with Gasteiger partial charge in [0, 0.05) is 31.6 Å². The first-order valence-corrected chi connectivity index (χ1v) is 18.4. The fourth-order valence-electron chi connectivity index (χ4n) is 5.17. The van der Waals surface area contributed by atoms with E-state index in [-0.39, 0.29) is 18.1 Å². The van der Waals surface area contributed by atoms with Crippen molar-refractivity contribution < 1.29 is 28.5 Å². The molecule has 2 rings (SSSR count). The van der Waals surface area contributed by atoms with Crippen molar-refractivity contribution in [1.29, 1.82) is 0 Å². The van der Waals surface area contributed by atoms with Crippen LogP contribution in [0, 0.1) is 0 Å². The van der Waals surface area contributed by atoms with Gasteiger partial charge in [0.15, 0.2) is 6.10 Å². The van der Waals surface area contributed by atoms with Crippen LogP contribution in [0.5, 0.6) is 5.88 Å². The first kappa shape index (κ1) is 39.2. The zero-order valence-corrected chi connectivity index (χ0v) is 29.7. The van der Waals surface area contributed by atoms with Crippen LogP contribution < -0.4 is 15.0 Å². The minimum atomic E-state index is -0.990. The molecule has 0 saturated carbocycles. The van der Waals surface area contributed by atoms with Crippen molar-refractivity contribution in [2.45, 2.75) is 155 Å². The summed E-state index contributed by atoms with van der Waals surface area (Å²) in [6.07, 6.45) is 17.8. The van der Waals surface area contributed by atoms with Crippen LogP contribution in [0.3, 0.4) is 0 Å². The fourth-order valence-corrected chi connectivity index (χ4v) is 5.69. The molecule has 2 heterocycles. The van der Waals surface area contributed by atoms with Crippen molar-refractivity contribution in [3.05, 3.63) is 0 Å². The van der Waals surface area contributed by atoms with Crippen LogP contribution in [0.4, 0.5) is 5.82 Å². The van der Waals surface area contributed by atoms with Crippen molar-refractivity contribution in [1.82, 2.24) is 14.1 Å². The molecule has 0 aromatic carbocycles. The van der Waals surface area contributed by atoms with Gasteiger partial charge >= 0.3 is 11.9 Å². The molecule has 1 aliphatic rings. The largest absolute Gasteiger partial charge is 0.470 e. The topological polar surface area (TPSA) is 112 Å². The van der Waals surface area contributed by atoms with Gasteiger partial charge in [0.1, 0.15) is 12.7 Å². The Balaban J connectivity index is 1.61. The van der Waals surface area contributed by atoms with Crippen LogP contribution in [0.1, 0.15) is 137 Å². The monoisotopic (exact) mass is 654 g/mol. The molecule has 1 aromatic heterocycles. The number of hydrogen-bond acceptors (Lipinski definition) is 11. The van der Waals surface area contributed by atoms with Gasteiger partial charge in [-0.3, -0.25) is 4.79 Å². The average molecular weight is 655 g/mol. The van der Waals surface area contributed by atoms with Gasteiger partial charge in [-0.05, 0) is 34.1 Å². The smallest absolute Gasteiger partial charge is 0.347 e. The molecule has 1 aromatic rings. The van der Waals surface area contributed by atoms with Crippen molar-refractivity contribution in [2.24, 2.45) is 0 Å². The maximum Gasteiger partial charge on any atom is 0.347 e. The molecule has 1 saturated heterocycles. The maximum absolute atomic E-state index is 12.9. The second kappa shape index (κ2) is 23.4. The second-order valence-corrected chi connectivity index (χ2v) is 13.9. The second-order valence-electron chi connectivity index (χ2n) is 13.3. The molecular weight excluding hydrogens is 592 g/mol. The molecule has 1 N–H and O–H groups in total. The summed E-state index contributed by atoms with van der Waals surface area (Å²) in [6, 6.07) is 0. The molecule has 10 nitrogen and oxygen atoms in total. The molecule has 1 aliphatic heterocycles. The lowest BCUT2D eigenvalue weighted by molar-refractivity contribution is -0.171. The van der Waals surface area contributed by atoms with Gasteiger partial charge in [0.25, 0.3) is 5.88 Å². The molecular formula is C34H62N4O6S. The average Bonchev–Trinajstić information content (AvgIpc) is 3.49. The molecule has 0 spiro atoms. The zero-order chi connectivity index (χ0) is 32.8. The lowest BCUT2D eigenvalue weighted by Gasteiger charge is -2.28. The lowest BCUT2D eigenvalue weighted by Crippen LogP contribution is -2.45. The quantitative estimate of drug-likeness (QED) is 0.0855. The predicted molar refractivity (Wildman–Crippen MR) is 181 cm³/mol. The highest BCUT2D eigenvalue weighted by molar-refractivity contribution is 6.99. The van der Waals surface area contributed by atoms with E-state index in [1.54, 1.807) is 6.92 Å². The van der Waals surface area contributed by atoms with Crippen LogP contribution in [-0.2, 0) is 23.8 Å². The summed E-state index contributed by atoms with van der Waals surface area (Å²) in [5.74, 6) is 0.146. The van der Waals surface area contributed by atoms with Gasteiger partial charge < -0.3 is 29.2 Å². The van der Waals surface area contributed by atoms with E-state index in [1.807, 2.05) is 20.8 Å². The molecule has 2 atom stereocenters. The third-order valence-electron chi connectivity index (χ3n) is 7.93. The summed E-state index contributed by atoms with van der Waals surface area (Å²) in [5.41, 5.74) is -0.183. The molecule has 11 heteroatoms. The highest BCUT2D eigenvalue weighted by Crippen LogP contribution is 2.26. The number of carbonyl (C=O) groups excluding carboxylic acids is 2. The van der Waals surface area contributed by atoms with Gasteiger partial charge in [-0.1, -0.05) is 96.8 Å². The summed E-state index contributed by atoms with van der Waals surface area (Å²) in [7, 11) is 0. The molecule has 45 heavy (non-hydrogen) atoms. The van der Waals surface area contributed by atoms with Crippen molar-refractivity contribution in [2.75, 3.05) is 44.4 Å². The lowest BCUT2D eigenvalue weighted by atomic mass is 10.0. The number of carbonyl (C=O) groups is 2. The number of morpholine rings is 1. The van der Waals surface area contributed by atoms with E-state index < -0.39 is 18.2 Å². The number of anilines is 1. The van der Waals surface area contributed by atoms with E-state index in [4.69, 9.17) is 18.9 Å². The standard InChI is InChI=1S/C34H62N4O6S/c1-6-7-8-9-10-11-12-13-14-15-16-17-18-19-20-21-30(39)43-28(2)33(40)44-29(26-35-34(3,4)5)27-42-32-31(36-45-37-32)38-22-24-41-25-23-38/h28-29,35H,6-27H2,1-5H3/t28-,29+/m1/s1. The Labute approximate surface area is 277 Å². The van der Waals surface area contributed by atoms with Gasteiger partial charge in [-0.2, -0.15) is 4.37 Å². The molecule has 0 unspecified atom stereocenters. The summed E-state index contributed by atoms with van der Waals surface area (Å²) >= 11 is 1.08. The maximum atomic E-state index is 12.9. The number of esters is 2. The Morgan fingerprint density at radius 3 is 1.98 bits per heavy atom. The van der Waals surface area contributed by atoms with Crippen LogP contribution in [0.2, 0.25) is 0 Å². The number of nitrogens with one attached hydrogen (secondary N) is 1. The minimum absolute atomic E-state index is 0.0946. The fraction of sp³-hybridized carbons (Fsp3) is 0.882.